The number of rotatable bonds is 8. The molecule has 0 aliphatic heterocycles. The van der Waals surface area contributed by atoms with E-state index in [0.717, 1.165) is 43.4 Å². The average Bonchev–Trinajstić information content (AvgIpc) is 2.42. The zero-order valence-electron chi connectivity index (χ0n) is 12.8. The van der Waals surface area contributed by atoms with Gasteiger partial charge < -0.3 is 15.5 Å². The van der Waals surface area contributed by atoms with E-state index < -0.39 is 0 Å². The van der Waals surface area contributed by atoms with Gasteiger partial charge in [0.2, 0.25) is 0 Å². The van der Waals surface area contributed by atoms with Crippen molar-refractivity contribution in [2.45, 2.75) is 33.6 Å². The molecule has 1 aromatic heterocycles. The zero-order valence-corrected chi connectivity index (χ0v) is 12.8. The molecule has 0 radical (unpaired) electrons. The predicted molar refractivity (Wildman–Crippen MR) is 81.9 cm³/mol. The maximum Gasteiger partial charge on any atom is 0.135 e. The maximum absolute atomic E-state index is 4.38. The molecule has 2 N–H and O–H groups in total. The highest BCUT2D eigenvalue weighted by molar-refractivity contribution is 5.58. The number of likely N-dealkylation sites (N-methyl/N-ethyl adjacent to an activating group) is 1. The molecule has 0 atom stereocenters. The Balaban J connectivity index is 2.72. The Kier molecular flexibility index (Phi) is 6.56. The average molecular weight is 265 g/mol. The van der Waals surface area contributed by atoms with Crippen molar-refractivity contribution in [3.63, 3.8) is 0 Å². The van der Waals surface area contributed by atoms with Gasteiger partial charge in [-0.05, 0) is 19.0 Å². The molecule has 0 saturated heterocycles. The van der Waals surface area contributed by atoms with E-state index in [1.54, 1.807) is 6.33 Å². The summed E-state index contributed by atoms with van der Waals surface area (Å²) in [6.45, 7) is 12.8. The lowest BCUT2D eigenvalue weighted by atomic mass is 10.0. The van der Waals surface area contributed by atoms with Crippen LogP contribution in [0.4, 0.5) is 11.6 Å². The zero-order chi connectivity index (χ0) is 14.3. The molecule has 0 saturated carbocycles. The van der Waals surface area contributed by atoms with Gasteiger partial charge in [0.1, 0.15) is 18.0 Å². The van der Waals surface area contributed by atoms with Crippen LogP contribution >= 0.6 is 0 Å². The summed E-state index contributed by atoms with van der Waals surface area (Å²) in [5.74, 6) is 2.25. The number of anilines is 2. The molecule has 0 amide bonds. The Bertz CT molecular complexity index is 374. The lowest BCUT2D eigenvalue weighted by molar-refractivity contribution is 0.316. The van der Waals surface area contributed by atoms with Gasteiger partial charge in [0.25, 0.3) is 0 Å². The number of nitrogens with zero attached hydrogens (tertiary/aromatic N) is 3. The number of aromatic nitrogens is 2. The Morgan fingerprint density at radius 1 is 1.16 bits per heavy atom. The first-order chi connectivity index (χ1) is 9.13. The van der Waals surface area contributed by atoms with Crippen molar-refractivity contribution in [2.75, 3.05) is 43.9 Å². The van der Waals surface area contributed by atoms with Crippen molar-refractivity contribution in [3.8, 4) is 0 Å². The van der Waals surface area contributed by atoms with Gasteiger partial charge in [0.15, 0.2) is 0 Å². The molecular weight excluding hydrogens is 238 g/mol. The molecule has 0 unspecified atom stereocenters. The fourth-order valence-electron chi connectivity index (χ4n) is 2.15. The van der Waals surface area contributed by atoms with Gasteiger partial charge in [-0.25, -0.2) is 9.97 Å². The van der Waals surface area contributed by atoms with Crippen LogP contribution in [0.15, 0.2) is 6.33 Å². The van der Waals surface area contributed by atoms with Gasteiger partial charge >= 0.3 is 0 Å². The quantitative estimate of drug-likeness (QED) is 0.756. The van der Waals surface area contributed by atoms with E-state index in [-0.39, 0.29) is 0 Å². The third kappa shape index (κ3) is 4.35. The van der Waals surface area contributed by atoms with Crippen LogP contribution in [0.2, 0.25) is 0 Å². The summed E-state index contributed by atoms with van der Waals surface area (Å²) in [6.07, 6.45) is 1.61. The summed E-state index contributed by atoms with van der Waals surface area (Å²) < 4.78 is 0. The fourth-order valence-corrected chi connectivity index (χ4v) is 2.15. The molecule has 1 rings (SSSR count). The Morgan fingerprint density at radius 3 is 2.32 bits per heavy atom. The van der Waals surface area contributed by atoms with Crippen molar-refractivity contribution >= 4 is 11.6 Å². The highest BCUT2D eigenvalue weighted by atomic mass is 15.1. The molecule has 19 heavy (non-hydrogen) atoms. The molecule has 0 aromatic carbocycles. The van der Waals surface area contributed by atoms with Gasteiger partial charge in [-0.15, -0.1) is 0 Å². The molecule has 0 fully saturated rings. The molecule has 1 heterocycles. The second-order valence-electron chi connectivity index (χ2n) is 4.84. The van der Waals surface area contributed by atoms with Crippen LogP contribution in [-0.4, -0.2) is 48.1 Å². The van der Waals surface area contributed by atoms with Crippen LogP contribution in [0.5, 0.6) is 0 Å². The standard InChI is InChI=1S/C14H27N5/c1-6-19(7-2)9-8-16-14-12(11(3)4)13(15-5)17-10-18-14/h10-11H,6-9H2,1-5H3,(H2,15,16,17,18). The van der Waals surface area contributed by atoms with Crippen molar-refractivity contribution < 1.29 is 0 Å². The second kappa shape index (κ2) is 7.94. The minimum absolute atomic E-state index is 0.389. The van der Waals surface area contributed by atoms with Gasteiger partial charge in [0, 0.05) is 25.7 Å². The summed E-state index contributed by atoms with van der Waals surface area (Å²) in [5, 5.41) is 6.57. The first-order valence-corrected chi connectivity index (χ1v) is 7.12. The van der Waals surface area contributed by atoms with Crippen LogP contribution in [-0.2, 0) is 0 Å². The van der Waals surface area contributed by atoms with Gasteiger partial charge in [-0.3, -0.25) is 0 Å². The molecule has 5 heteroatoms. The van der Waals surface area contributed by atoms with Crippen molar-refractivity contribution in [2.24, 2.45) is 0 Å². The Morgan fingerprint density at radius 2 is 1.79 bits per heavy atom. The second-order valence-corrected chi connectivity index (χ2v) is 4.84. The van der Waals surface area contributed by atoms with Crippen LogP contribution in [0.1, 0.15) is 39.2 Å². The molecule has 0 spiro atoms. The monoisotopic (exact) mass is 265 g/mol. The molecule has 0 aliphatic carbocycles. The third-order valence-electron chi connectivity index (χ3n) is 3.31. The van der Waals surface area contributed by atoms with E-state index in [0.29, 0.717) is 5.92 Å². The van der Waals surface area contributed by atoms with Crippen LogP contribution in [0.25, 0.3) is 0 Å². The first kappa shape index (κ1) is 15.7. The summed E-state index contributed by atoms with van der Waals surface area (Å²) in [5.41, 5.74) is 1.16. The molecular formula is C14H27N5. The lowest BCUT2D eigenvalue weighted by Crippen LogP contribution is -2.29. The van der Waals surface area contributed by atoms with Gasteiger partial charge in [-0.1, -0.05) is 27.7 Å². The van der Waals surface area contributed by atoms with E-state index in [2.05, 4.69) is 53.2 Å². The Hall–Kier alpha value is -1.36. The predicted octanol–water partition coefficient (Wildman–Crippen LogP) is 2.40. The highest BCUT2D eigenvalue weighted by Crippen LogP contribution is 2.27. The number of nitrogens with one attached hydrogen (secondary N) is 2. The summed E-state index contributed by atoms with van der Waals surface area (Å²) in [7, 11) is 1.90. The van der Waals surface area contributed by atoms with Crippen molar-refractivity contribution in [1.29, 1.82) is 0 Å². The fraction of sp³-hybridized carbons (Fsp3) is 0.714. The normalized spacial score (nSPS) is 11.1. The van der Waals surface area contributed by atoms with E-state index in [9.17, 15) is 0 Å². The highest BCUT2D eigenvalue weighted by Gasteiger charge is 2.13. The summed E-state index contributed by atoms with van der Waals surface area (Å²) in [4.78, 5) is 11.0. The van der Waals surface area contributed by atoms with Crippen molar-refractivity contribution in [1.82, 2.24) is 14.9 Å². The van der Waals surface area contributed by atoms with E-state index in [4.69, 9.17) is 0 Å². The SMILES string of the molecule is CCN(CC)CCNc1ncnc(NC)c1C(C)C. The lowest BCUT2D eigenvalue weighted by Gasteiger charge is -2.20. The minimum atomic E-state index is 0.389. The van der Waals surface area contributed by atoms with Crippen LogP contribution in [0.3, 0.4) is 0 Å². The van der Waals surface area contributed by atoms with Gasteiger partial charge in [0.05, 0.1) is 0 Å². The maximum atomic E-state index is 4.38. The Labute approximate surface area is 116 Å². The molecule has 5 nitrogen and oxygen atoms in total. The largest absolute Gasteiger partial charge is 0.373 e. The smallest absolute Gasteiger partial charge is 0.135 e. The minimum Gasteiger partial charge on any atom is -0.373 e. The topological polar surface area (TPSA) is 53.1 Å². The van der Waals surface area contributed by atoms with E-state index >= 15 is 0 Å². The van der Waals surface area contributed by atoms with Crippen LogP contribution in [0, 0.1) is 0 Å². The van der Waals surface area contributed by atoms with Gasteiger partial charge in [-0.2, -0.15) is 0 Å². The van der Waals surface area contributed by atoms with Crippen molar-refractivity contribution in [3.05, 3.63) is 11.9 Å². The molecule has 1 aromatic rings. The van der Waals surface area contributed by atoms with E-state index in [1.807, 2.05) is 7.05 Å². The summed E-state index contributed by atoms with van der Waals surface area (Å²) in [6, 6.07) is 0. The summed E-state index contributed by atoms with van der Waals surface area (Å²) >= 11 is 0. The molecule has 0 bridgehead atoms. The van der Waals surface area contributed by atoms with E-state index in [1.165, 1.54) is 0 Å². The van der Waals surface area contributed by atoms with Crippen LogP contribution < -0.4 is 10.6 Å². The molecule has 108 valence electrons. The number of hydrogen-bond donors (Lipinski definition) is 2. The number of hydrogen-bond acceptors (Lipinski definition) is 5. The first-order valence-electron chi connectivity index (χ1n) is 7.12. The molecule has 0 aliphatic rings. The third-order valence-corrected chi connectivity index (χ3v) is 3.31.